The first kappa shape index (κ1) is 11.3. The zero-order valence-corrected chi connectivity index (χ0v) is 9.51. The molecule has 0 aliphatic rings. The Kier molecular flexibility index (Phi) is 4.68. The Morgan fingerprint density at radius 2 is 2.14 bits per heavy atom. The Hall–Kier alpha value is -0.820. The summed E-state index contributed by atoms with van der Waals surface area (Å²) < 4.78 is 0. The molecule has 0 aliphatic carbocycles. The van der Waals surface area contributed by atoms with Gasteiger partial charge in [-0.3, -0.25) is 0 Å². The van der Waals surface area contributed by atoms with E-state index in [2.05, 4.69) is 50.4 Å². The second-order valence-electron chi connectivity index (χ2n) is 4.13. The zero-order chi connectivity index (χ0) is 10.4. The minimum absolute atomic E-state index is 0.778. The molecule has 1 nitrogen and oxygen atoms in total. The van der Waals surface area contributed by atoms with Gasteiger partial charge < -0.3 is 5.32 Å². The number of aryl methyl sites for hydroxylation is 1. The van der Waals surface area contributed by atoms with E-state index >= 15 is 0 Å². The maximum Gasteiger partial charge on any atom is 0.0205 e. The Balaban J connectivity index is 2.31. The van der Waals surface area contributed by atoms with Crippen molar-refractivity contribution in [1.82, 2.24) is 5.32 Å². The van der Waals surface area contributed by atoms with Crippen molar-refractivity contribution in [2.45, 2.75) is 33.7 Å². The molecule has 0 unspecified atom stereocenters. The molecule has 1 aromatic carbocycles. The van der Waals surface area contributed by atoms with Gasteiger partial charge in [0.1, 0.15) is 0 Å². The summed E-state index contributed by atoms with van der Waals surface area (Å²) in [6, 6.07) is 8.67. The highest BCUT2D eigenvalue weighted by atomic mass is 14.8. The molecule has 0 saturated heterocycles. The van der Waals surface area contributed by atoms with E-state index in [1.165, 1.54) is 17.5 Å². The van der Waals surface area contributed by atoms with Gasteiger partial charge in [-0.05, 0) is 24.9 Å². The van der Waals surface area contributed by atoms with Gasteiger partial charge in [-0.1, -0.05) is 50.1 Å². The van der Waals surface area contributed by atoms with E-state index in [0.717, 1.165) is 19.0 Å². The van der Waals surface area contributed by atoms with Gasteiger partial charge in [-0.15, -0.1) is 0 Å². The highest BCUT2D eigenvalue weighted by molar-refractivity contribution is 5.21. The van der Waals surface area contributed by atoms with Crippen LogP contribution in [0, 0.1) is 12.8 Å². The lowest BCUT2D eigenvalue weighted by atomic mass is 10.1. The SMILES string of the molecule is CC[C@H](C)CNCc1cccc(C)c1. The van der Waals surface area contributed by atoms with E-state index in [1.54, 1.807) is 0 Å². The highest BCUT2D eigenvalue weighted by Gasteiger charge is 1.97. The topological polar surface area (TPSA) is 12.0 Å². The Morgan fingerprint density at radius 3 is 2.79 bits per heavy atom. The van der Waals surface area contributed by atoms with Crippen LogP contribution in [0.5, 0.6) is 0 Å². The molecular formula is C13H21N. The molecule has 1 aromatic rings. The monoisotopic (exact) mass is 191 g/mol. The number of benzene rings is 1. The van der Waals surface area contributed by atoms with E-state index in [-0.39, 0.29) is 0 Å². The largest absolute Gasteiger partial charge is 0.312 e. The summed E-state index contributed by atoms with van der Waals surface area (Å²) in [4.78, 5) is 0. The number of hydrogen-bond acceptors (Lipinski definition) is 1. The molecule has 0 bridgehead atoms. The van der Waals surface area contributed by atoms with Gasteiger partial charge in [-0.25, -0.2) is 0 Å². The quantitative estimate of drug-likeness (QED) is 0.754. The Bertz CT molecular complexity index is 268. The molecule has 14 heavy (non-hydrogen) atoms. The summed E-state index contributed by atoms with van der Waals surface area (Å²) in [5, 5.41) is 3.48. The van der Waals surface area contributed by atoms with Gasteiger partial charge in [0.05, 0.1) is 0 Å². The fourth-order valence-electron chi connectivity index (χ4n) is 1.43. The molecule has 1 atom stereocenters. The van der Waals surface area contributed by atoms with Crippen LogP contribution in [0.1, 0.15) is 31.4 Å². The van der Waals surface area contributed by atoms with Gasteiger partial charge in [-0.2, -0.15) is 0 Å². The standard InChI is InChI=1S/C13H21N/c1-4-11(2)9-14-10-13-7-5-6-12(3)8-13/h5-8,11,14H,4,9-10H2,1-3H3/t11-/m0/s1. The third kappa shape index (κ3) is 3.93. The maximum atomic E-state index is 3.48. The van der Waals surface area contributed by atoms with Gasteiger partial charge in [0.25, 0.3) is 0 Å². The molecule has 1 heteroatoms. The second kappa shape index (κ2) is 5.82. The van der Waals surface area contributed by atoms with Crippen LogP contribution in [0.25, 0.3) is 0 Å². The average molecular weight is 191 g/mol. The molecule has 0 amide bonds. The molecule has 78 valence electrons. The van der Waals surface area contributed by atoms with Crippen LogP contribution in [-0.2, 0) is 6.54 Å². The van der Waals surface area contributed by atoms with Gasteiger partial charge in [0, 0.05) is 6.54 Å². The molecule has 0 saturated carbocycles. The van der Waals surface area contributed by atoms with E-state index in [0.29, 0.717) is 0 Å². The fraction of sp³-hybridized carbons (Fsp3) is 0.538. The van der Waals surface area contributed by atoms with Crippen LogP contribution < -0.4 is 5.32 Å². The molecule has 0 aliphatic heterocycles. The lowest BCUT2D eigenvalue weighted by Gasteiger charge is -2.10. The lowest BCUT2D eigenvalue weighted by molar-refractivity contribution is 0.500. The van der Waals surface area contributed by atoms with Crippen molar-refractivity contribution >= 4 is 0 Å². The van der Waals surface area contributed by atoms with Crippen molar-refractivity contribution in [3.05, 3.63) is 35.4 Å². The van der Waals surface area contributed by atoms with Crippen LogP contribution in [0.4, 0.5) is 0 Å². The van der Waals surface area contributed by atoms with Crippen molar-refractivity contribution in [3.63, 3.8) is 0 Å². The highest BCUT2D eigenvalue weighted by Crippen LogP contribution is 2.04. The van der Waals surface area contributed by atoms with Crippen molar-refractivity contribution in [2.24, 2.45) is 5.92 Å². The van der Waals surface area contributed by atoms with E-state index < -0.39 is 0 Å². The number of rotatable bonds is 5. The van der Waals surface area contributed by atoms with Crippen LogP contribution in [0.2, 0.25) is 0 Å². The minimum Gasteiger partial charge on any atom is -0.312 e. The summed E-state index contributed by atoms with van der Waals surface area (Å²) in [7, 11) is 0. The molecule has 1 N–H and O–H groups in total. The van der Waals surface area contributed by atoms with Crippen molar-refractivity contribution in [2.75, 3.05) is 6.54 Å². The third-order valence-corrected chi connectivity index (χ3v) is 2.60. The van der Waals surface area contributed by atoms with Crippen LogP contribution in [0.3, 0.4) is 0 Å². The fourth-order valence-corrected chi connectivity index (χ4v) is 1.43. The molecular weight excluding hydrogens is 170 g/mol. The first-order valence-corrected chi connectivity index (χ1v) is 5.48. The minimum atomic E-state index is 0.778. The summed E-state index contributed by atoms with van der Waals surface area (Å²) in [5.74, 6) is 0.778. The molecule has 0 aromatic heterocycles. The Morgan fingerprint density at radius 1 is 1.36 bits per heavy atom. The van der Waals surface area contributed by atoms with Gasteiger partial charge >= 0.3 is 0 Å². The number of hydrogen-bond donors (Lipinski definition) is 1. The molecule has 1 rings (SSSR count). The first-order valence-electron chi connectivity index (χ1n) is 5.48. The van der Waals surface area contributed by atoms with Gasteiger partial charge in [0.15, 0.2) is 0 Å². The average Bonchev–Trinajstić information content (AvgIpc) is 2.17. The summed E-state index contributed by atoms with van der Waals surface area (Å²) in [6.45, 7) is 8.76. The first-order chi connectivity index (χ1) is 6.72. The number of nitrogens with one attached hydrogen (secondary N) is 1. The normalized spacial score (nSPS) is 12.8. The third-order valence-electron chi connectivity index (χ3n) is 2.60. The molecule has 0 spiro atoms. The lowest BCUT2D eigenvalue weighted by Crippen LogP contribution is -2.20. The smallest absolute Gasteiger partial charge is 0.0205 e. The van der Waals surface area contributed by atoms with E-state index in [1.807, 2.05) is 0 Å². The van der Waals surface area contributed by atoms with Crippen LogP contribution >= 0.6 is 0 Å². The van der Waals surface area contributed by atoms with Crippen LogP contribution in [-0.4, -0.2) is 6.54 Å². The summed E-state index contributed by atoms with van der Waals surface area (Å²) in [6.07, 6.45) is 1.25. The van der Waals surface area contributed by atoms with Gasteiger partial charge in [0.2, 0.25) is 0 Å². The summed E-state index contributed by atoms with van der Waals surface area (Å²) in [5.41, 5.74) is 2.72. The maximum absolute atomic E-state index is 3.48. The van der Waals surface area contributed by atoms with E-state index in [4.69, 9.17) is 0 Å². The van der Waals surface area contributed by atoms with Crippen molar-refractivity contribution in [1.29, 1.82) is 0 Å². The zero-order valence-electron chi connectivity index (χ0n) is 9.51. The van der Waals surface area contributed by atoms with Crippen molar-refractivity contribution < 1.29 is 0 Å². The Labute approximate surface area is 87.5 Å². The van der Waals surface area contributed by atoms with Crippen LogP contribution in [0.15, 0.2) is 24.3 Å². The summed E-state index contributed by atoms with van der Waals surface area (Å²) >= 11 is 0. The molecule has 0 heterocycles. The second-order valence-corrected chi connectivity index (χ2v) is 4.13. The van der Waals surface area contributed by atoms with E-state index in [9.17, 15) is 0 Å². The van der Waals surface area contributed by atoms with Crippen molar-refractivity contribution in [3.8, 4) is 0 Å². The molecule has 0 radical (unpaired) electrons. The predicted molar refractivity (Wildman–Crippen MR) is 62.3 cm³/mol. The molecule has 0 fully saturated rings. The predicted octanol–water partition coefficient (Wildman–Crippen LogP) is 3.13.